The maximum atomic E-state index is 6.23. The Hall–Kier alpha value is -1.91. The van der Waals surface area contributed by atoms with Crippen molar-refractivity contribution in [1.29, 1.82) is 0 Å². The second kappa shape index (κ2) is 8.97. The van der Waals surface area contributed by atoms with Gasteiger partial charge in [0.2, 0.25) is 0 Å². The summed E-state index contributed by atoms with van der Waals surface area (Å²) in [4.78, 5) is 6.89. The van der Waals surface area contributed by atoms with Gasteiger partial charge >= 0.3 is 0 Å². The van der Waals surface area contributed by atoms with Gasteiger partial charge in [0.15, 0.2) is 17.5 Å². The van der Waals surface area contributed by atoms with E-state index in [1.54, 1.807) is 14.2 Å². The van der Waals surface area contributed by atoms with Crippen molar-refractivity contribution in [3.05, 3.63) is 23.8 Å². The van der Waals surface area contributed by atoms with Crippen LogP contribution in [0.5, 0.6) is 11.5 Å². The Bertz CT molecular complexity index is 576. The minimum atomic E-state index is 0.0373. The molecule has 0 bridgehead atoms. The Morgan fingerprint density at radius 2 is 1.72 bits per heavy atom. The van der Waals surface area contributed by atoms with Gasteiger partial charge in [0.1, 0.15) is 0 Å². The van der Waals surface area contributed by atoms with Gasteiger partial charge in [-0.3, -0.25) is 4.99 Å². The van der Waals surface area contributed by atoms with Crippen LogP contribution in [0.15, 0.2) is 23.2 Å². The summed E-state index contributed by atoms with van der Waals surface area (Å²) in [6.45, 7) is 6.71. The first kappa shape index (κ1) is 19.4. The van der Waals surface area contributed by atoms with E-state index in [2.05, 4.69) is 30.9 Å². The van der Waals surface area contributed by atoms with E-state index in [-0.39, 0.29) is 5.41 Å². The Morgan fingerprint density at radius 3 is 2.28 bits per heavy atom. The lowest BCUT2D eigenvalue weighted by Crippen LogP contribution is -2.39. The molecule has 0 heterocycles. The van der Waals surface area contributed by atoms with Crippen LogP contribution in [0.1, 0.15) is 51.5 Å². The summed E-state index contributed by atoms with van der Waals surface area (Å²) in [6.07, 6.45) is 6.03. The highest BCUT2D eigenvalue weighted by atomic mass is 16.5. The van der Waals surface area contributed by atoms with Gasteiger partial charge in [-0.1, -0.05) is 25.3 Å². The molecule has 0 aromatic heterocycles. The molecule has 0 atom stereocenters. The van der Waals surface area contributed by atoms with Gasteiger partial charge in [0.25, 0.3) is 0 Å². The summed E-state index contributed by atoms with van der Waals surface area (Å²) in [5.41, 5.74) is 7.54. The standard InChI is InChI=1S/C20H33N3O2/c1-5-23(6-2)19(21)22-15-20(12-8-7-9-13-20)16-10-11-17(24-3)18(14-16)25-4/h10-11,14H,5-9,12-13,15H2,1-4H3,(H2,21,22). The van der Waals surface area contributed by atoms with Crippen molar-refractivity contribution in [3.63, 3.8) is 0 Å². The molecule has 0 aliphatic heterocycles. The summed E-state index contributed by atoms with van der Waals surface area (Å²) < 4.78 is 10.9. The Labute approximate surface area is 152 Å². The molecule has 1 aliphatic carbocycles. The highest BCUT2D eigenvalue weighted by Gasteiger charge is 2.34. The van der Waals surface area contributed by atoms with Gasteiger partial charge < -0.3 is 20.1 Å². The van der Waals surface area contributed by atoms with E-state index in [1.807, 2.05) is 6.07 Å². The van der Waals surface area contributed by atoms with Crippen molar-refractivity contribution in [3.8, 4) is 11.5 Å². The van der Waals surface area contributed by atoms with Crippen molar-refractivity contribution in [2.75, 3.05) is 33.9 Å². The molecule has 0 amide bonds. The van der Waals surface area contributed by atoms with E-state index in [0.29, 0.717) is 5.96 Å². The van der Waals surface area contributed by atoms with E-state index in [9.17, 15) is 0 Å². The molecule has 0 radical (unpaired) electrons. The third-order valence-corrected chi connectivity index (χ3v) is 5.44. The molecule has 0 unspecified atom stereocenters. The lowest BCUT2D eigenvalue weighted by molar-refractivity contribution is 0.297. The molecule has 1 aromatic rings. The number of hydrogen-bond acceptors (Lipinski definition) is 3. The maximum absolute atomic E-state index is 6.23. The largest absolute Gasteiger partial charge is 0.493 e. The van der Waals surface area contributed by atoms with Gasteiger partial charge in [0, 0.05) is 18.5 Å². The van der Waals surface area contributed by atoms with Gasteiger partial charge in [0.05, 0.1) is 20.8 Å². The van der Waals surface area contributed by atoms with Gasteiger partial charge in [-0.2, -0.15) is 0 Å². The maximum Gasteiger partial charge on any atom is 0.191 e. The highest BCUT2D eigenvalue weighted by molar-refractivity contribution is 5.78. The van der Waals surface area contributed by atoms with Crippen LogP contribution in [0.25, 0.3) is 0 Å². The smallest absolute Gasteiger partial charge is 0.191 e. The van der Waals surface area contributed by atoms with Crippen LogP contribution in [0, 0.1) is 0 Å². The molecule has 0 spiro atoms. The summed E-state index contributed by atoms with van der Waals surface area (Å²) in [6, 6.07) is 6.28. The number of nitrogens with two attached hydrogens (primary N) is 1. The highest BCUT2D eigenvalue weighted by Crippen LogP contribution is 2.42. The van der Waals surface area contributed by atoms with Crippen LogP contribution < -0.4 is 15.2 Å². The summed E-state index contributed by atoms with van der Waals surface area (Å²) in [5, 5.41) is 0. The van der Waals surface area contributed by atoms with Crippen molar-refractivity contribution in [2.45, 2.75) is 51.4 Å². The molecular formula is C20H33N3O2. The Morgan fingerprint density at radius 1 is 1.08 bits per heavy atom. The first-order chi connectivity index (χ1) is 12.1. The predicted molar refractivity (Wildman–Crippen MR) is 104 cm³/mol. The molecule has 1 aliphatic rings. The lowest BCUT2D eigenvalue weighted by atomic mass is 9.69. The summed E-state index contributed by atoms with van der Waals surface area (Å²) in [7, 11) is 3.36. The van der Waals surface area contributed by atoms with E-state index in [0.717, 1.165) is 44.0 Å². The van der Waals surface area contributed by atoms with Gasteiger partial charge in [-0.25, -0.2) is 0 Å². The number of guanidine groups is 1. The number of hydrogen-bond donors (Lipinski definition) is 1. The third-order valence-electron chi connectivity index (χ3n) is 5.44. The first-order valence-corrected chi connectivity index (χ1v) is 9.37. The van der Waals surface area contributed by atoms with E-state index in [1.165, 1.54) is 24.8 Å². The topological polar surface area (TPSA) is 60.1 Å². The molecule has 1 aromatic carbocycles. The molecule has 5 nitrogen and oxygen atoms in total. The van der Waals surface area contributed by atoms with Crippen LogP contribution in [0.2, 0.25) is 0 Å². The zero-order valence-corrected chi connectivity index (χ0v) is 16.2. The number of aliphatic imine (C=N–C) groups is 1. The van der Waals surface area contributed by atoms with E-state index >= 15 is 0 Å². The Balaban J connectivity index is 2.33. The second-order valence-electron chi connectivity index (χ2n) is 6.76. The van der Waals surface area contributed by atoms with Crippen LogP contribution in [-0.2, 0) is 5.41 Å². The minimum absolute atomic E-state index is 0.0373. The fourth-order valence-corrected chi connectivity index (χ4v) is 3.81. The molecule has 0 saturated heterocycles. The third kappa shape index (κ3) is 4.39. The van der Waals surface area contributed by atoms with Crippen molar-refractivity contribution < 1.29 is 9.47 Å². The molecular weight excluding hydrogens is 314 g/mol. The number of methoxy groups -OCH3 is 2. The van der Waals surface area contributed by atoms with Crippen molar-refractivity contribution in [2.24, 2.45) is 10.7 Å². The number of rotatable bonds is 7. The first-order valence-electron chi connectivity index (χ1n) is 9.37. The molecule has 2 rings (SSSR count). The molecule has 2 N–H and O–H groups in total. The number of benzene rings is 1. The lowest BCUT2D eigenvalue weighted by Gasteiger charge is -2.37. The van der Waals surface area contributed by atoms with Gasteiger partial charge in [-0.05, 0) is 44.4 Å². The molecule has 140 valence electrons. The van der Waals surface area contributed by atoms with Crippen LogP contribution in [0.3, 0.4) is 0 Å². The number of ether oxygens (including phenoxy) is 2. The van der Waals surface area contributed by atoms with Gasteiger partial charge in [-0.15, -0.1) is 0 Å². The molecule has 25 heavy (non-hydrogen) atoms. The fraction of sp³-hybridized carbons (Fsp3) is 0.650. The van der Waals surface area contributed by atoms with E-state index < -0.39 is 0 Å². The predicted octanol–water partition coefficient (Wildman–Crippen LogP) is 3.56. The average molecular weight is 348 g/mol. The van der Waals surface area contributed by atoms with Crippen LogP contribution in [-0.4, -0.2) is 44.7 Å². The zero-order valence-electron chi connectivity index (χ0n) is 16.2. The molecule has 1 fully saturated rings. The normalized spacial score (nSPS) is 17.2. The quantitative estimate of drug-likeness (QED) is 0.605. The Kier molecular flexibility index (Phi) is 6.97. The zero-order chi connectivity index (χ0) is 18.3. The molecule has 1 saturated carbocycles. The van der Waals surface area contributed by atoms with E-state index in [4.69, 9.17) is 20.2 Å². The van der Waals surface area contributed by atoms with Crippen LogP contribution >= 0.6 is 0 Å². The van der Waals surface area contributed by atoms with Crippen molar-refractivity contribution >= 4 is 5.96 Å². The van der Waals surface area contributed by atoms with Crippen molar-refractivity contribution in [1.82, 2.24) is 4.90 Å². The second-order valence-corrected chi connectivity index (χ2v) is 6.76. The SMILES string of the molecule is CCN(CC)C(N)=NCC1(c2ccc(OC)c(OC)c2)CCCCC1. The van der Waals surface area contributed by atoms with Crippen LogP contribution in [0.4, 0.5) is 0 Å². The summed E-state index contributed by atoms with van der Waals surface area (Å²) >= 11 is 0. The minimum Gasteiger partial charge on any atom is -0.493 e. The average Bonchev–Trinajstić information content (AvgIpc) is 2.67. The molecule has 5 heteroatoms. The monoisotopic (exact) mass is 347 g/mol. The number of nitrogens with zero attached hydrogens (tertiary/aromatic N) is 2. The fourth-order valence-electron chi connectivity index (χ4n) is 3.81. The summed E-state index contributed by atoms with van der Waals surface area (Å²) in [5.74, 6) is 2.20.